The molecule has 1 amide bonds. The van der Waals surface area contributed by atoms with Crippen LogP contribution in [0.25, 0.3) is 16.9 Å². The second-order valence-corrected chi connectivity index (χ2v) is 7.31. The summed E-state index contributed by atoms with van der Waals surface area (Å²) in [5.74, 6) is 1.57. The lowest BCUT2D eigenvalue weighted by Crippen LogP contribution is -2.17. The summed E-state index contributed by atoms with van der Waals surface area (Å²) in [4.78, 5) is 21.4. The van der Waals surface area contributed by atoms with Gasteiger partial charge in [-0.25, -0.2) is 4.98 Å². The van der Waals surface area contributed by atoms with Gasteiger partial charge in [-0.05, 0) is 55.3 Å². The van der Waals surface area contributed by atoms with Crippen LogP contribution < -0.4 is 15.4 Å². The zero-order valence-electron chi connectivity index (χ0n) is 17.8. The zero-order chi connectivity index (χ0) is 21.8. The molecule has 0 saturated carbocycles. The van der Waals surface area contributed by atoms with E-state index in [2.05, 4.69) is 15.6 Å². The van der Waals surface area contributed by atoms with Crippen molar-refractivity contribution in [3.05, 3.63) is 72.2 Å². The molecule has 158 valence electrons. The summed E-state index contributed by atoms with van der Waals surface area (Å²) in [6, 6.07) is 13.6. The van der Waals surface area contributed by atoms with Gasteiger partial charge in [0.05, 0.1) is 13.3 Å². The second kappa shape index (κ2) is 8.87. The highest BCUT2D eigenvalue weighted by molar-refractivity contribution is 5.92. The number of nitrogens with zero attached hydrogens (tertiary/aromatic N) is 3. The number of carbonyl (C=O) groups is 1. The van der Waals surface area contributed by atoms with Crippen LogP contribution in [-0.2, 0) is 4.79 Å². The molecule has 0 unspecified atom stereocenters. The topological polar surface area (TPSA) is 80.6 Å². The first kappa shape index (κ1) is 20.4. The van der Waals surface area contributed by atoms with Crippen LogP contribution in [0, 0.1) is 13.8 Å². The molecule has 0 aliphatic carbocycles. The molecule has 31 heavy (non-hydrogen) atoms. The summed E-state index contributed by atoms with van der Waals surface area (Å²) in [6.07, 6.45) is 5.61. The third-order valence-corrected chi connectivity index (χ3v) is 5.32. The van der Waals surface area contributed by atoms with E-state index in [1.807, 2.05) is 66.9 Å². The van der Waals surface area contributed by atoms with Crippen LogP contribution in [0.5, 0.6) is 5.75 Å². The lowest BCUT2D eigenvalue weighted by molar-refractivity contribution is -0.115. The number of fused-ring (bicyclic) bond motifs is 1. The summed E-state index contributed by atoms with van der Waals surface area (Å²) >= 11 is 0. The molecule has 0 fully saturated rings. The summed E-state index contributed by atoms with van der Waals surface area (Å²) in [5, 5.41) is 6.39. The average molecular weight is 415 g/mol. The molecular weight excluding hydrogens is 390 g/mol. The lowest BCUT2D eigenvalue weighted by atomic mass is 10.1. The minimum Gasteiger partial charge on any atom is -0.497 e. The molecule has 7 heteroatoms. The molecule has 2 aromatic heterocycles. The van der Waals surface area contributed by atoms with Crippen LogP contribution in [0.3, 0.4) is 0 Å². The summed E-state index contributed by atoms with van der Waals surface area (Å²) < 4.78 is 7.19. The third kappa shape index (κ3) is 4.35. The quantitative estimate of drug-likeness (QED) is 0.466. The molecule has 0 aliphatic heterocycles. The minimum atomic E-state index is -0.0392. The number of benzene rings is 2. The summed E-state index contributed by atoms with van der Waals surface area (Å²) in [7, 11) is 1.64. The summed E-state index contributed by atoms with van der Waals surface area (Å²) in [6.45, 7) is 4.51. The Labute approximate surface area is 181 Å². The average Bonchev–Trinajstić information content (AvgIpc) is 3.16. The van der Waals surface area contributed by atoms with Crippen LogP contribution in [0.2, 0.25) is 0 Å². The van der Waals surface area contributed by atoms with Crippen LogP contribution in [0.4, 0.5) is 11.5 Å². The standard InChI is InChI=1S/C24H25N5O2/c1-16-5-4-6-20(17(16)2)27-22(30)11-12-26-24-23(18-7-9-19(31-3)10-8-18)28-21-15-25-13-14-29(21)24/h4-10,13-15,26H,11-12H2,1-3H3,(H,27,30). The van der Waals surface area contributed by atoms with Gasteiger partial charge < -0.3 is 15.4 Å². The van der Waals surface area contributed by atoms with Gasteiger partial charge in [0.25, 0.3) is 0 Å². The predicted molar refractivity (Wildman–Crippen MR) is 123 cm³/mol. The Morgan fingerprint density at radius 2 is 1.94 bits per heavy atom. The van der Waals surface area contributed by atoms with E-state index in [4.69, 9.17) is 9.72 Å². The minimum absolute atomic E-state index is 0.0392. The second-order valence-electron chi connectivity index (χ2n) is 7.31. The normalized spacial score (nSPS) is 10.8. The Balaban J connectivity index is 1.51. The highest BCUT2D eigenvalue weighted by Gasteiger charge is 2.15. The number of aromatic nitrogens is 3. The first-order valence-corrected chi connectivity index (χ1v) is 10.1. The third-order valence-electron chi connectivity index (χ3n) is 5.32. The predicted octanol–water partition coefficient (Wildman–Crippen LogP) is 4.46. The van der Waals surface area contributed by atoms with E-state index in [0.717, 1.165) is 45.3 Å². The smallest absolute Gasteiger partial charge is 0.226 e. The first-order chi connectivity index (χ1) is 15.1. The number of methoxy groups -OCH3 is 1. The van der Waals surface area contributed by atoms with Crippen molar-refractivity contribution in [3.8, 4) is 17.0 Å². The molecule has 0 saturated heterocycles. The first-order valence-electron chi connectivity index (χ1n) is 10.1. The van der Waals surface area contributed by atoms with Crippen LogP contribution >= 0.6 is 0 Å². The fourth-order valence-corrected chi connectivity index (χ4v) is 3.42. The molecule has 4 aromatic rings. The fourth-order valence-electron chi connectivity index (χ4n) is 3.42. The maximum Gasteiger partial charge on any atom is 0.226 e. The fraction of sp³-hybridized carbons (Fsp3) is 0.208. The number of rotatable bonds is 7. The van der Waals surface area contributed by atoms with Crippen LogP contribution in [0.1, 0.15) is 17.5 Å². The van der Waals surface area contributed by atoms with Crippen molar-refractivity contribution in [1.82, 2.24) is 14.4 Å². The molecule has 0 spiro atoms. The van der Waals surface area contributed by atoms with E-state index in [9.17, 15) is 4.79 Å². The van der Waals surface area contributed by atoms with Gasteiger partial charge in [0, 0.05) is 36.6 Å². The maximum absolute atomic E-state index is 12.5. The molecule has 0 bridgehead atoms. The summed E-state index contributed by atoms with van der Waals surface area (Å²) in [5.41, 5.74) is 5.57. The van der Waals surface area contributed by atoms with E-state index in [1.54, 1.807) is 19.5 Å². The Morgan fingerprint density at radius 1 is 1.13 bits per heavy atom. The monoisotopic (exact) mass is 415 g/mol. The van der Waals surface area contributed by atoms with Crippen molar-refractivity contribution < 1.29 is 9.53 Å². The van der Waals surface area contributed by atoms with E-state index in [1.165, 1.54) is 0 Å². The van der Waals surface area contributed by atoms with E-state index >= 15 is 0 Å². The van der Waals surface area contributed by atoms with Gasteiger partial charge in [0.15, 0.2) is 5.65 Å². The van der Waals surface area contributed by atoms with E-state index in [-0.39, 0.29) is 5.91 Å². The number of nitrogens with one attached hydrogen (secondary N) is 2. The van der Waals surface area contributed by atoms with Crippen LogP contribution in [-0.4, -0.2) is 33.9 Å². The molecule has 7 nitrogen and oxygen atoms in total. The van der Waals surface area contributed by atoms with Crippen molar-refractivity contribution in [1.29, 1.82) is 0 Å². The van der Waals surface area contributed by atoms with Crippen molar-refractivity contribution in [3.63, 3.8) is 0 Å². The number of amides is 1. The van der Waals surface area contributed by atoms with Gasteiger partial charge in [0.2, 0.25) is 5.91 Å². The Hall–Kier alpha value is -3.87. The highest BCUT2D eigenvalue weighted by atomic mass is 16.5. The molecule has 2 aromatic carbocycles. The lowest BCUT2D eigenvalue weighted by Gasteiger charge is -2.12. The highest BCUT2D eigenvalue weighted by Crippen LogP contribution is 2.29. The van der Waals surface area contributed by atoms with Crippen LogP contribution in [0.15, 0.2) is 61.1 Å². The van der Waals surface area contributed by atoms with E-state index in [0.29, 0.717) is 13.0 Å². The number of carbonyl (C=O) groups excluding carboxylic acids is 1. The molecule has 4 rings (SSSR count). The van der Waals surface area contributed by atoms with Gasteiger partial charge in [-0.3, -0.25) is 14.2 Å². The van der Waals surface area contributed by atoms with E-state index < -0.39 is 0 Å². The SMILES string of the molecule is COc1ccc(-c2nc3cnccn3c2NCCC(=O)Nc2cccc(C)c2C)cc1. The Morgan fingerprint density at radius 3 is 2.71 bits per heavy atom. The van der Waals surface area contributed by atoms with Gasteiger partial charge >= 0.3 is 0 Å². The van der Waals surface area contributed by atoms with Gasteiger partial charge in [-0.1, -0.05) is 12.1 Å². The molecule has 0 radical (unpaired) electrons. The van der Waals surface area contributed by atoms with Gasteiger partial charge in [-0.2, -0.15) is 0 Å². The maximum atomic E-state index is 12.5. The number of aryl methyl sites for hydroxylation is 1. The number of hydrogen-bond donors (Lipinski definition) is 2. The number of anilines is 2. The van der Waals surface area contributed by atoms with Gasteiger partial charge in [0.1, 0.15) is 17.3 Å². The number of hydrogen-bond acceptors (Lipinski definition) is 5. The number of ether oxygens (including phenoxy) is 1. The van der Waals surface area contributed by atoms with Gasteiger partial charge in [-0.15, -0.1) is 0 Å². The largest absolute Gasteiger partial charge is 0.497 e. The van der Waals surface area contributed by atoms with Crippen molar-refractivity contribution in [2.45, 2.75) is 20.3 Å². The number of imidazole rings is 1. The van der Waals surface area contributed by atoms with Crippen molar-refractivity contribution in [2.24, 2.45) is 0 Å². The molecule has 0 atom stereocenters. The van der Waals surface area contributed by atoms with Crippen molar-refractivity contribution in [2.75, 3.05) is 24.3 Å². The molecule has 0 aliphatic rings. The molecule has 2 heterocycles. The zero-order valence-corrected chi connectivity index (χ0v) is 17.8. The molecular formula is C24H25N5O2. The van der Waals surface area contributed by atoms with Crippen molar-refractivity contribution >= 4 is 23.1 Å². The Bertz CT molecular complexity index is 1210. The Kier molecular flexibility index (Phi) is 5.84. The molecule has 2 N–H and O–H groups in total.